The van der Waals surface area contributed by atoms with E-state index in [0.717, 1.165) is 5.56 Å². The van der Waals surface area contributed by atoms with Crippen molar-refractivity contribution in [2.45, 2.75) is 11.4 Å². The van der Waals surface area contributed by atoms with Crippen LogP contribution in [0.3, 0.4) is 0 Å². The van der Waals surface area contributed by atoms with Crippen molar-refractivity contribution < 1.29 is 12.8 Å². The molecule has 0 saturated heterocycles. The molecule has 7 heteroatoms. The summed E-state index contributed by atoms with van der Waals surface area (Å²) < 4.78 is 44.1. The Labute approximate surface area is 168 Å². The van der Waals surface area contributed by atoms with E-state index in [2.05, 4.69) is 9.82 Å². The smallest absolute Gasteiger partial charge is 0.265 e. The second-order valence-electron chi connectivity index (χ2n) is 6.48. The maximum Gasteiger partial charge on any atom is 0.265 e. The molecule has 0 amide bonds. The van der Waals surface area contributed by atoms with Crippen LogP contribution in [0.1, 0.15) is 5.56 Å². The first-order chi connectivity index (χ1) is 14.0. The van der Waals surface area contributed by atoms with Crippen molar-refractivity contribution >= 4 is 15.7 Å². The molecule has 1 N–H and O–H groups in total. The molecule has 29 heavy (non-hydrogen) atoms. The Hall–Kier alpha value is -3.45. The Bertz CT molecular complexity index is 1220. The SMILES string of the molecule is O=S(=O)(Nc1ccccc1F)c1cn(Cc2ccccc2)nc1-c1ccccc1. The van der Waals surface area contributed by atoms with Gasteiger partial charge in [0.2, 0.25) is 0 Å². The molecule has 4 aromatic rings. The molecule has 0 aliphatic carbocycles. The first kappa shape index (κ1) is 18.9. The minimum atomic E-state index is -4.06. The highest BCUT2D eigenvalue weighted by molar-refractivity contribution is 7.92. The van der Waals surface area contributed by atoms with Gasteiger partial charge in [-0.05, 0) is 17.7 Å². The second-order valence-corrected chi connectivity index (χ2v) is 8.13. The number of nitrogens with zero attached hydrogens (tertiary/aromatic N) is 2. The molecule has 0 bridgehead atoms. The van der Waals surface area contributed by atoms with Crippen LogP contribution in [0.2, 0.25) is 0 Å². The number of rotatable bonds is 6. The molecule has 0 aliphatic heterocycles. The van der Waals surface area contributed by atoms with E-state index in [1.54, 1.807) is 22.9 Å². The van der Waals surface area contributed by atoms with Gasteiger partial charge in [-0.15, -0.1) is 0 Å². The third-order valence-corrected chi connectivity index (χ3v) is 5.74. The minimum absolute atomic E-state index is 0.0112. The fourth-order valence-corrected chi connectivity index (χ4v) is 4.23. The zero-order valence-corrected chi connectivity index (χ0v) is 16.2. The number of hydrogen-bond donors (Lipinski definition) is 1. The molecule has 4 rings (SSSR count). The molecule has 0 saturated carbocycles. The van der Waals surface area contributed by atoms with Crippen LogP contribution in [0.25, 0.3) is 11.3 Å². The van der Waals surface area contributed by atoms with Crippen LogP contribution in [0.15, 0.2) is 96.0 Å². The molecular formula is C22H18FN3O2S. The van der Waals surface area contributed by atoms with Gasteiger partial charge in [-0.2, -0.15) is 5.10 Å². The highest BCUT2D eigenvalue weighted by Crippen LogP contribution is 2.28. The van der Waals surface area contributed by atoms with Gasteiger partial charge in [-0.1, -0.05) is 72.8 Å². The van der Waals surface area contributed by atoms with Crippen LogP contribution in [0, 0.1) is 5.82 Å². The number of anilines is 1. The highest BCUT2D eigenvalue weighted by atomic mass is 32.2. The summed E-state index contributed by atoms with van der Waals surface area (Å²) in [6.07, 6.45) is 1.47. The summed E-state index contributed by atoms with van der Waals surface area (Å²) in [6.45, 7) is 0.413. The molecule has 0 atom stereocenters. The van der Waals surface area contributed by atoms with E-state index >= 15 is 0 Å². The molecule has 0 unspecified atom stereocenters. The lowest BCUT2D eigenvalue weighted by molar-refractivity contribution is 0.598. The molecule has 1 heterocycles. The van der Waals surface area contributed by atoms with E-state index in [-0.39, 0.29) is 10.6 Å². The predicted octanol–water partition coefficient (Wildman–Crippen LogP) is 4.54. The number of para-hydroxylation sites is 1. The number of sulfonamides is 1. The number of aromatic nitrogens is 2. The molecule has 0 spiro atoms. The number of nitrogens with one attached hydrogen (secondary N) is 1. The van der Waals surface area contributed by atoms with E-state index < -0.39 is 15.8 Å². The average Bonchev–Trinajstić information content (AvgIpc) is 3.16. The van der Waals surface area contributed by atoms with Gasteiger partial charge in [0.1, 0.15) is 16.4 Å². The van der Waals surface area contributed by atoms with E-state index in [1.807, 2.05) is 48.5 Å². The summed E-state index contributed by atoms with van der Waals surface area (Å²) in [5, 5.41) is 4.51. The lowest BCUT2D eigenvalue weighted by atomic mass is 10.2. The summed E-state index contributed by atoms with van der Waals surface area (Å²) >= 11 is 0. The third kappa shape index (κ3) is 4.20. The first-order valence-corrected chi connectivity index (χ1v) is 10.5. The Morgan fingerprint density at radius 2 is 1.48 bits per heavy atom. The monoisotopic (exact) mass is 407 g/mol. The molecule has 5 nitrogen and oxygen atoms in total. The molecule has 0 aliphatic rings. The van der Waals surface area contributed by atoms with Crippen LogP contribution >= 0.6 is 0 Å². The van der Waals surface area contributed by atoms with Gasteiger partial charge in [0.25, 0.3) is 10.0 Å². The van der Waals surface area contributed by atoms with Crippen molar-refractivity contribution in [2.24, 2.45) is 0 Å². The quantitative estimate of drug-likeness (QED) is 0.510. The van der Waals surface area contributed by atoms with Gasteiger partial charge in [-0.25, -0.2) is 12.8 Å². The van der Waals surface area contributed by atoms with Crippen molar-refractivity contribution in [1.82, 2.24) is 9.78 Å². The fourth-order valence-electron chi connectivity index (χ4n) is 2.99. The minimum Gasteiger partial charge on any atom is -0.277 e. The molecule has 1 aromatic heterocycles. The second kappa shape index (κ2) is 7.89. The van der Waals surface area contributed by atoms with E-state index in [9.17, 15) is 12.8 Å². The van der Waals surface area contributed by atoms with E-state index in [1.165, 1.54) is 24.4 Å². The average molecular weight is 407 g/mol. The van der Waals surface area contributed by atoms with Crippen LogP contribution < -0.4 is 4.72 Å². The maximum absolute atomic E-state index is 14.0. The van der Waals surface area contributed by atoms with Crippen molar-refractivity contribution in [3.05, 3.63) is 103 Å². The van der Waals surface area contributed by atoms with E-state index in [0.29, 0.717) is 17.8 Å². The van der Waals surface area contributed by atoms with Crippen LogP contribution in [-0.2, 0) is 16.6 Å². The molecule has 0 radical (unpaired) electrons. The van der Waals surface area contributed by atoms with Gasteiger partial charge in [-0.3, -0.25) is 9.40 Å². The number of hydrogen-bond acceptors (Lipinski definition) is 3. The molecule has 0 fully saturated rings. The predicted molar refractivity (Wildman–Crippen MR) is 110 cm³/mol. The summed E-state index contributed by atoms with van der Waals surface area (Å²) in [7, 11) is -4.06. The summed E-state index contributed by atoms with van der Waals surface area (Å²) in [6, 6.07) is 24.3. The third-order valence-electron chi connectivity index (χ3n) is 4.37. The van der Waals surface area contributed by atoms with Crippen LogP contribution in [-0.4, -0.2) is 18.2 Å². The Morgan fingerprint density at radius 1 is 0.862 bits per heavy atom. The van der Waals surface area contributed by atoms with Gasteiger partial charge < -0.3 is 0 Å². The lowest BCUT2D eigenvalue weighted by Crippen LogP contribution is -2.14. The largest absolute Gasteiger partial charge is 0.277 e. The summed E-state index contributed by atoms with van der Waals surface area (Å²) in [5.74, 6) is -0.644. The van der Waals surface area contributed by atoms with Crippen molar-refractivity contribution in [2.75, 3.05) is 4.72 Å². The van der Waals surface area contributed by atoms with Gasteiger partial charge in [0.15, 0.2) is 0 Å². The molecular weight excluding hydrogens is 389 g/mol. The summed E-state index contributed by atoms with van der Waals surface area (Å²) in [4.78, 5) is -0.0112. The molecule has 146 valence electrons. The van der Waals surface area contributed by atoms with Crippen LogP contribution in [0.5, 0.6) is 0 Å². The van der Waals surface area contributed by atoms with E-state index in [4.69, 9.17) is 0 Å². The number of benzene rings is 3. The maximum atomic E-state index is 14.0. The van der Waals surface area contributed by atoms with Crippen molar-refractivity contribution in [1.29, 1.82) is 0 Å². The topological polar surface area (TPSA) is 64.0 Å². The highest BCUT2D eigenvalue weighted by Gasteiger charge is 2.24. The number of halogens is 1. The van der Waals surface area contributed by atoms with Crippen molar-refractivity contribution in [3.8, 4) is 11.3 Å². The zero-order valence-electron chi connectivity index (χ0n) is 15.4. The van der Waals surface area contributed by atoms with Gasteiger partial charge >= 0.3 is 0 Å². The van der Waals surface area contributed by atoms with Crippen LogP contribution in [0.4, 0.5) is 10.1 Å². The lowest BCUT2D eigenvalue weighted by Gasteiger charge is -2.08. The molecule has 3 aromatic carbocycles. The van der Waals surface area contributed by atoms with Gasteiger partial charge in [0.05, 0.1) is 12.2 Å². The Kier molecular flexibility index (Phi) is 5.14. The standard InChI is InChI=1S/C22H18FN3O2S/c23-19-13-7-8-14-20(19)25-29(27,28)21-16-26(15-17-9-3-1-4-10-17)24-22(21)18-11-5-2-6-12-18/h1-14,16,25H,15H2. The Morgan fingerprint density at radius 3 is 2.17 bits per heavy atom. The zero-order chi connectivity index (χ0) is 20.3. The normalized spacial score (nSPS) is 11.3. The Balaban J connectivity index is 1.77. The summed E-state index contributed by atoms with van der Waals surface area (Å²) in [5.41, 5.74) is 1.85. The van der Waals surface area contributed by atoms with Crippen molar-refractivity contribution in [3.63, 3.8) is 0 Å². The fraction of sp³-hybridized carbons (Fsp3) is 0.0455. The first-order valence-electron chi connectivity index (χ1n) is 8.97. The van der Waals surface area contributed by atoms with Gasteiger partial charge in [0, 0.05) is 11.8 Å².